The van der Waals surface area contributed by atoms with E-state index >= 15 is 0 Å². The highest BCUT2D eigenvalue weighted by atomic mass is 32.2. The number of hydrogen-bond donors (Lipinski definition) is 2. The van der Waals surface area contributed by atoms with E-state index in [4.69, 9.17) is 5.14 Å². The van der Waals surface area contributed by atoms with Crippen LogP contribution in [0.15, 0.2) is 11.5 Å². The van der Waals surface area contributed by atoms with Crippen LogP contribution in [0.1, 0.15) is 26.2 Å². The standard InChI is InChI=1S/C7H15N5O2S/c1-2-3-4-5-10-12-6-9-7(11-12)15(8,13)14/h6,10H,2-5H2,1H3,(H2,8,13,14). The average Bonchev–Trinajstić information content (AvgIpc) is 2.60. The van der Waals surface area contributed by atoms with E-state index in [9.17, 15) is 8.42 Å². The van der Waals surface area contributed by atoms with Gasteiger partial charge in [-0.1, -0.05) is 19.8 Å². The van der Waals surface area contributed by atoms with Gasteiger partial charge in [0, 0.05) is 6.54 Å². The van der Waals surface area contributed by atoms with Crippen molar-refractivity contribution in [2.24, 2.45) is 5.14 Å². The Morgan fingerprint density at radius 3 is 2.80 bits per heavy atom. The maximum atomic E-state index is 10.8. The third kappa shape index (κ3) is 3.84. The number of nitrogens with one attached hydrogen (secondary N) is 1. The maximum absolute atomic E-state index is 10.8. The Balaban J connectivity index is 2.47. The molecule has 1 heterocycles. The molecule has 86 valence electrons. The van der Waals surface area contributed by atoms with Gasteiger partial charge in [0.15, 0.2) is 0 Å². The Labute approximate surface area is 88.7 Å². The van der Waals surface area contributed by atoms with Crippen LogP contribution in [0, 0.1) is 0 Å². The first-order valence-electron chi connectivity index (χ1n) is 4.72. The molecule has 0 radical (unpaired) electrons. The first kappa shape index (κ1) is 11.9. The molecule has 0 aliphatic heterocycles. The van der Waals surface area contributed by atoms with Crippen LogP contribution in [0.25, 0.3) is 0 Å². The van der Waals surface area contributed by atoms with Gasteiger partial charge in [0.2, 0.25) is 0 Å². The van der Waals surface area contributed by atoms with Crippen LogP contribution in [0.5, 0.6) is 0 Å². The Bertz CT molecular complexity index is 399. The summed E-state index contributed by atoms with van der Waals surface area (Å²) >= 11 is 0. The van der Waals surface area contributed by atoms with Crippen molar-refractivity contribution in [3.63, 3.8) is 0 Å². The van der Waals surface area contributed by atoms with Gasteiger partial charge in [0.05, 0.1) is 0 Å². The molecule has 0 aliphatic carbocycles. The molecule has 0 bridgehead atoms. The molecule has 0 aromatic carbocycles. The summed E-state index contributed by atoms with van der Waals surface area (Å²) < 4.78 is 21.7. The number of nitrogens with two attached hydrogens (primary N) is 1. The molecule has 3 N–H and O–H groups in total. The molecule has 0 atom stereocenters. The van der Waals surface area contributed by atoms with Crippen molar-refractivity contribution in [1.29, 1.82) is 0 Å². The number of unbranched alkanes of at least 4 members (excludes halogenated alkanes) is 2. The average molecular weight is 233 g/mol. The molecular weight excluding hydrogens is 218 g/mol. The predicted molar refractivity (Wildman–Crippen MR) is 55.1 cm³/mol. The van der Waals surface area contributed by atoms with Crippen LogP contribution in [0.4, 0.5) is 0 Å². The molecule has 0 aliphatic rings. The van der Waals surface area contributed by atoms with Gasteiger partial charge in [0.25, 0.3) is 15.2 Å². The van der Waals surface area contributed by atoms with Crippen molar-refractivity contribution in [2.75, 3.05) is 12.0 Å². The minimum absolute atomic E-state index is 0.370. The molecule has 0 spiro atoms. The molecular formula is C7H15N5O2S. The fourth-order valence-corrected chi connectivity index (χ4v) is 1.42. The number of hydrogen-bond acceptors (Lipinski definition) is 5. The predicted octanol–water partition coefficient (Wildman–Crippen LogP) is -0.341. The van der Waals surface area contributed by atoms with Crippen molar-refractivity contribution < 1.29 is 8.42 Å². The third-order valence-corrected chi connectivity index (χ3v) is 2.48. The van der Waals surface area contributed by atoms with E-state index in [0.29, 0.717) is 0 Å². The summed E-state index contributed by atoms with van der Waals surface area (Å²) in [7, 11) is -3.80. The lowest BCUT2D eigenvalue weighted by atomic mass is 10.3. The molecule has 0 saturated carbocycles. The van der Waals surface area contributed by atoms with E-state index in [2.05, 4.69) is 22.4 Å². The Hall–Kier alpha value is -1.15. The molecule has 0 saturated heterocycles. The van der Waals surface area contributed by atoms with Crippen molar-refractivity contribution in [3.8, 4) is 0 Å². The summed E-state index contributed by atoms with van der Waals surface area (Å²) in [6, 6.07) is 0. The van der Waals surface area contributed by atoms with E-state index in [1.165, 1.54) is 11.1 Å². The highest BCUT2D eigenvalue weighted by molar-refractivity contribution is 7.89. The lowest BCUT2D eigenvalue weighted by Crippen LogP contribution is -2.19. The molecule has 1 rings (SSSR count). The quantitative estimate of drug-likeness (QED) is 0.654. The number of rotatable bonds is 6. The number of nitrogens with zero attached hydrogens (tertiary/aromatic N) is 3. The summed E-state index contributed by atoms with van der Waals surface area (Å²) in [5.74, 6) is 0. The summed E-state index contributed by atoms with van der Waals surface area (Å²) in [5, 5.41) is 8.14. The second-order valence-corrected chi connectivity index (χ2v) is 4.59. The SMILES string of the molecule is CCCCCNn1cnc(S(N)(=O)=O)n1. The Kier molecular flexibility index (Phi) is 4.04. The van der Waals surface area contributed by atoms with E-state index < -0.39 is 10.0 Å². The fourth-order valence-electron chi connectivity index (χ4n) is 1.02. The van der Waals surface area contributed by atoms with E-state index in [-0.39, 0.29) is 5.16 Å². The molecule has 0 unspecified atom stereocenters. The normalized spacial score (nSPS) is 11.6. The number of sulfonamides is 1. The van der Waals surface area contributed by atoms with Crippen LogP contribution >= 0.6 is 0 Å². The Morgan fingerprint density at radius 1 is 1.53 bits per heavy atom. The zero-order chi connectivity index (χ0) is 11.3. The van der Waals surface area contributed by atoms with Gasteiger partial charge < -0.3 is 5.43 Å². The smallest absolute Gasteiger partial charge is 0.283 e. The van der Waals surface area contributed by atoms with Crippen LogP contribution in [-0.4, -0.2) is 29.8 Å². The molecule has 7 nitrogen and oxygen atoms in total. The maximum Gasteiger partial charge on any atom is 0.283 e. The van der Waals surface area contributed by atoms with Crippen LogP contribution < -0.4 is 10.6 Å². The summed E-state index contributed by atoms with van der Waals surface area (Å²) in [6.07, 6.45) is 4.53. The molecule has 15 heavy (non-hydrogen) atoms. The van der Waals surface area contributed by atoms with E-state index in [1.807, 2.05) is 0 Å². The van der Waals surface area contributed by atoms with Crippen LogP contribution in [0.3, 0.4) is 0 Å². The molecule has 0 fully saturated rings. The monoisotopic (exact) mass is 233 g/mol. The summed E-state index contributed by atoms with van der Waals surface area (Å²) in [5.41, 5.74) is 2.90. The third-order valence-electron chi connectivity index (χ3n) is 1.78. The van der Waals surface area contributed by atoms with Crippen LogP contribution in [0.2, 0.25) is 0 Å². The molecule has 1 aromatic heterocycles. The van der Waals surface area contributed by atoms with Crippen LogP contribution in [-0.2, 0) is 10.0 Å². The van der Waals surface area contributed by atoms with E-state index in [0.717, 1.165) is 25.8 Å². The van der Waals surface area contributed by atoms with Gasteiger partial charge in [-0.15, -0.1) is 5.10 Å². The van der Waals surface area contributed by atoms with Gasteiger partial charge >= 0.3 is 0 Å². The number of primary sulfonamides is 1. The minimum Gasteiger partial charge on any atom is -0.308 e. The van der Waals surface area contributed by atoms with Gasteiger partial charge in [0.1, 0.15) is 6.33 Å². The molecule has 0 amide bonds. The largest absolute Gasteiger partial charge is 0.308 e. The second kappa shape index (κ2) is 5.08. The summed E-state index contributed by atoms with van der Waals surface area (Å²) in [6.45, 7) is 2.83. The lowest BCUT2D eigenvalue weighted by Gasteiger charge is -2.03. The zero-order valence-corrected chi connectivity index (χ0v) is 9.37. The zero-order valence-electron chi connectivity index (χ0n) is 8.55. The highest BCUT2D eigenvalue weighted by Gasteiger charge is 2.13. The van der Waals surface area contributed by atoms with Crippen molar-refractivity contribution >= 4 is 10.0 Å². The van der Waals surface area contributed by atoms with Gasteiger partial charge in [-0.05, 0) is 6.42 Å². The summed E-state index contributed by atoms with van der Waals surface area (Å²) in [4.78, 5) is 4.82. The van der Waals surface area contributed by atoms with Gasteiger partial charge in [-0.25, -0.2) is 18.5 Å². The lowest BCUT2D eigenvalue weighted by molar-refractivity contribution is 0.584. The second-order valence-electron chi connectivity index (χ2n) is 3.13. The van der Waals surface area contributed by atoms with Crippen molar-refractivity contribution in [2.45, 2.75) is 31.3 Å². The minimum atomic E-state index is -3.80. The molecule has 8 heteroatoms. The molecule has 1 aromatic rings. The van der Waals surface area contributed by atoms with Crippen molar-refractivity contribution in [3.05, 3.63) is 6.33 Å². The van der Waals surface area contributed by atoms with Gasteiger partial charge in [-0.3, -0.25) is 0 Å². The van der Waals surface area contributed by atoms with E-state index in [1.54, 1.807) is 0 Å². The Morgan fingerprint density at radius 2 is 2.27 bits per heavy atom. The van der Waals surface area contributed by atoms with Gasteiger partial charge in [-0.2, -0.15) is 4.79 Å². The fraction of sp³-hybridized carbons (Fsp3) is 0.714. The first-order chi connectivity index (χ1) is 7.04. The highest BCUT2D eigenvalue weighted by Crippen LogP contribution is 1.96. The topological polar surface area (TPSA) is 103 Å². The van der Waals surface area contributed by atoms with Crippen molar-refractivity contribution in [1.82, 2.24) is 14.9 Å². The number of aromatic nitrogens is 3. The first-order valence-corrected chi connectivity index (χ1v) is 6.27.